The normalized spacial score (nSPS) is 10.6. The van der Waals surface area contributed by atoms with Gasteiger partial charge in [-0.15, -0.1) is 0 Å². The lowest BCUT2D eigenvalue weighted by molar-refractivity contribution is 0.0950. The fourth-order valence-electron chi connectivity index (χ4n) is 2.39. The molecule has 0 aliphatic heterocycles. The van der Waals surface area contributed by atoms with Crippen molar-refractivity contribution in [3.8, 4) is 17.2 Å². The van der Waals surface area contributed by atoms with Crippen molar-refractivity contribution >= 4 is 12.1 Å². The smallest absolute Gasteiger partial charge is 0.275 e. The molecule has 0 unspecified atom stereocenters. The summed E-state index contributed by atoms with van der Waals surface area (Å²) in [6, 6.07) is 22.9. The SMILES string of the molecule is O=C(N/N=C/c1ccc(O)cc1)c1ccccc1OCCOc1ccccc1. The molecule has 0 bridgehead atoms. The molecule has 0 saturated heterocycles. The molecule has 0 aromatic heterocycles. The third kappa shape index (κ3) is 5.60. The van der Waals surface area contributed by atoms with E-state index in [4.69, 9.17) is 9.47 Å². The van der Waals surface area contributed by atoms with Crippen molar-refractivity contribution in [1.82, 2.24) is 5.43 Å². The fourth-order valence-corrected chi connectivity index (χ4v) is 2.39. The van der Waals surface area contributed by atoms with Gasteiger partial charge in [0.05, 0.1) is 11.8 Å². The molecule has 6 heteroatoms. The molecule has 0 heterocycles. The van der Waals surface area contributed by atoms with Crippen LogP contribution >= 0.6 is 0 Å². The van der Waals surface area contributed by atoms with E-state index in [0.29, 0.717) is 24.5 Å². The lowest BCUT2D eigenvalue weighted by atomic mass is 10.2. The Morgan fingerprint density at radius 2 is 1.57 bits per heavy atom. The molecule has 1 amide bonds. The monoisotopic (exact) mass is 376 g/mol. The van der Waals surface area contributed by atoms with E-state index in [1.165, 1.54) is 6.21 Å². The van der Waals surface area contributed by atoms with Crippen LogP contribution in [0.5, 0.6) is 17.2 Å². The van der Waals surface area contributed by atoms with Crippen LogP contribution in [0.4, 0.5) is 0 Å². The van der Waals surface area contributed by atoms with Crippen LogP contribution in [0.15, 0.2) is 84.0 Å². The van der Waals surface area contributed by atoms with Crippen molar-refractivity contribution in [2.45, 2.75) is 0 Å². The summed E-state index contributed by atoms with van der Waals surface area (Å²) >= 11 is 0. The highest BCUT2D eigenvalue weighted by Crippen LogP contribution is 2.18. The number of rotatable bonds is 8. The first-order valence-corrected chi connectivity index (χ1v) is 8.74. The number of carbonyl (C=O) groups excluding carboxylic acids is 1. The second-order valence-corrected chi connectivity index (χ2v) is 5.80. The topological polar surface area (TPSA) is 80.2 Å². The summed E-state index contributed by atoms with van der Waals surface area (Å²) in [5.41, 5.74) is 3.61. The van der Waals surface area contributed by atoms with E-state index in [0.717, 1.165) is 11.3 Å². The minimum Gasteiger partial charge on any atom is -0.508 e. The predicted octanol–water partition coefficient (Wildman–Crippen LogP) is 3.61. The lowest BCUT2D eigenvalue weighted by Gasteiger charge is -2.11. The number of para-hydroxylation sites is 2. The highest BCUT2D eigenvalue weighted by Gasteiger charge is 2.11. The first kappa shape index (κ1) is 19.0. The Balaban J connectivity index is 1.53. The predicted molar refractivity (Wildman–Crippen MR) is 107 cm³/mol. The number of amides is 1. The van der Waals surface area contributed by atoms with Gasteiger partial charge in [0.1, 0.15) is 30.5 Å². The van der Waals surface area contributed by atoms with Gasteiger partial charge in [-0.05, 0) is 54.1 Å². The molecule has 3 aromatic carbocycles. The molecule has 3 rings (SSSR count). The van der Waals surface area contributed by atoms with Crippen LogP contribution in [-0.4, -0.2) is 30.4 Å². The number of aromatic hydroxyl groups is 1. The number of phenols is 1. The number of carbonyl (C=O) groups is 1. The molecular formula is C22H20N2O4. The lowest BCUT2D eigenvalue weighted by Crippen LogP contribution is -2.19. The van der Waals surface area contributed by atoms with Gasteiger partial charge in [-0.2, -0.15) is 5.10 Å². The summed E-state index contributed by atoms with van der Waals surface area (Å²) in [5, 5.41) is 13.2. The van der Waals surface area contributed by atoms with Gasteiger partial charge >= 0.3 is 0 Å². The van der Waals surface area contributed by atoms with E-state index in [1.54, 1.807) is 48.5 Å². The summed E-state index contributed by atoms with van der Waals surface area (Å²) < 4.78 is 11.3. The van der Waals surface area contributed by atoms with Crippen molar-refractivity contribution in [2.24, 2.45) is 5.10 Å². The van der Waals surface area contributed by atoms with Gasteiger partial charge in [0.15, 0.2) is 0 Å². The second-order valence-electron chi connectivity index (χ2n) is 5.80. The van der Waals surface area contributed by atoms with Crippen LogP contribution in [0.25, 0.3) is 0 Å². The van der Waals surface area contributed by atoms with Gasteiger partial charge in [-0.1, -0.05) is 30.3 Å². The molecular weight excluding hydrogens is 356 g/mol. The maximum absolute atomic E-state index is 12.4. The first-order chi connectivity index (χ1) is 13.7. The van der Waals surface area contributed by atoms with E-state index in [9.17, 15) is 9.90 Å². The van der Waals surface area contributed by atoms with E-state index < -0.39 is 0 Å². The number of nitrogens with zero attached hydrogens (tertiary/aromatic N) is 1. The summed E-state index contributed by atoms with van der Waals surface area (Å²) in [4.78, 5) is 12.4. The molecule has 0 aliphatic rings. The molecule has 0 radical (unpaired) electrons. The van der Waals surface area contributed by atoms with E-state index in [-0.39, 0.29) is 11.7 Å². The van der Waals surface area contributed by atoms with Gasteiger partial charge in [-0.25, -0.2) is 5.43 Å². The Morgan fingerprint density at radius 3 is 2.36 bits per heavy atom. The Hall–Kier alpha value is -3.80. The van der Waals surface area contributed by atoms with E-state index >= 15 is 0 Å². The first-order valence-electron chi connectivity index (χ1n) is 8.74. The Bertz CT molecular complexity index is 925. The average Bonchev–Trinajstić information content (AvgIpc) is 2.73. The zero-order valence-electron chi connectivity index (χ0n) is 15.1. The zero-order valence-corrected chi connectivity index (χ0v) is 15.1. The molecule has 28 heavy (non-hydrogen) atoms. The Kier molecular flexibility index (Phi) is 6.62. The minimum atomic E-state index is -0.380. The number of benzene rings is 3. The van der Waals surface area contributed by atoms with Crippen molar-refractivity contribution in [3.63, 3.8) is 0 Å². The summed E-state index contributed by atoms with van der Waals surface area (Å²) in [7, 11) is 0. The molecule has 0 saturated carbocycles. The van der Waals surface area contributed by atoms with Crippen molar-refractivity contribution < 1.29 is 19.4 Å². The minimum absolute atomic E-state index is 0.170. The van der Waals surface area contributed by atoms with E-state index in [2.05, 4.69) is 10.5 Å². The number of phenolic OH excluding ortho intramolecular Hbond substituents is 1. The van der Waals surface area contributed by atoms with E-state index in [1.807, 2.05) is 30.3 Å². The number of hydrogen-bond acceptors (Lipinski definition) is 5. The van der Waals surface area contributed by atoms with Crippen LogP contribution in [0, 0.1) is 0 Å². The largest absolute Gasteiger partial charge is 0.508 e. The number of nitrogens with one attached hydrogen (secondary N) is 1. The number of hydrogen-bond donors (Lipinski definition) is 2. The molecule has 142 valence electrons. The molecule has 0 spiro atoms. The van der Waals surface area contributed by atoms with Crippen LogP contribution < -0.4 is 14.9 Å². The summed E-state index contributed by atoms with van der Waals surface area (Å²) in [5.74, 6) is 1.01. The van der Waals surface area contributed by atoms with Crippen LogP contribution in [0.1, 0.15) is 15.9 Å². The van der Waals surface area contributed by atoms with Crippen molar-refractivity contribution in [3.05, 3.63) is 90.0 Å². The molecule has 6 nitrogen and oxygen atoms in total. The van der Waals surface area contributed by atoms with Crippen molar-refractivity contribution in [2.75, 3.05) is 13.2 Å². The van der Waals surface area contributed by atoms with Gasteiger partial charge < -0.3 is 14.6 Å². The maximum atomic E-state index is 12.4. The zero-order chi connectivity index (χ0) is 19.6. The van der Waals surface area contributed by atoms with Crippen molar-refractivity contribution in [1.29, 1.82) is 0 Å². The standard InChI is InChI=1S/C22H20N2O4/c25-18-12-10-17(11-13-18)16-23-24-22(26)20-8-4-5-9-21(20)28-15-14-27-19-6-2-1-3-7-19/h1-13,16,25H,14-15H2,(H,24,26)/b23-16+. The Morgan fingerprint density at radius 1 is 0.893 bits per heavy atom. The summed E-state index contributed by atoms with van der Waals surface area (Å²) in [6.45, 7) is 0.662. The number of ether oxygens (including phenoxy) is 2. The molecule has 3 aromatic rings. The number of hydrazone groups is 1. The van der Waals surface area contributed by atoms with Crippen LogP contribution in [0.2, 0.25) is 0 Å². The van der Waals surface area contributed by atoms with Crippen LogP contribution in [0.3, 0.4) is 0 Å². The maximum Gasteiger partial charge on any atom is 0.275 e. The second kappa shape index (κ2) is 9.78. The summed E-state index contributed by atoms with van der Waals surface area (Å²) in [6.07, 6.45) is 1.49. The van der Waals surface area contributed by atoms with Gasteiger partial charge in [0.25, 0.3) is 5.91 Å². The molecule has 2 N–H and O–H groups in total. The van der Waals surface area contributed by atoms with Gasteiger partial charge in [0, 0.05) is 0 Å². The molecule has 0 aliphatic carbocycles. The highest BCUT2D eigenvalue weighted by atomic mass is 16.5. The third-order valence-electron chi connectivity index (χ3n) is 3.76. The highest BCUT2D eigenvalue weighted by molar-refractivity contribution is 5.97. The average molecular weight is 376 g/mol. The molecule has 0 fully saturated rings. The Labute approximate surface area is 163 Å². The fraction of sp³-hybridized carbons (Fsp3) is 0.0909. The molecule has 0 atom stereocenters. The quantitative estimate of drug-likeness (QED) is 0.358. The third-order valence-corrected chi connectivity index (χ3v) is 3.76. The van der Waals surface area contributed by atoms with Gasteiger partial charge in [0.2, 0.25) is 0 Å². The van der Waals surface area contributed by atoms with Crippen LogP contribution in [-0.2, 0) is 0 Å². The van der Waals surface area contributed by atoms with Gasteiger partial charge in [-0.3, -0.25) is 4.79 Å².